The Labute approximate surface area is 119 Å². The van der Waals surface area contributed by atoms with Gasteiger partial charge < -0.3 is 4.74 Å². The highest BCUT2D eigenvalue weighted by Crippen LogP contribution is 2.24. The lowest BCUT2D eigenvalue weighted by Crippen LogP contribution is -2.28. The zero-order chi connectivity index (χ0) is 14.8. The summed E-state index contributed by atoms with van der Waals surface area (Å²) in [4.78, 5) is 0. The van der Waals surface area contributed by atoms with Gasteiger partial charge in [-0.05, 0) is 24.1 Å². The van der Waals surface area contributed by atoms with Crippen molar-refractivity contribution in [3.8, 4) is 5.75 Å². The Bertz CT molecular complexity index is 375. The van der Waals surface area contributed by atoms with Gasteiger partial charge in [0.05, 0.1) is 0 Å². The molecule has 5 heteroatoms. The van der Waals surface area contributed by atoms with Crippen LogP contribution in [0.15, 0.2) is 24.3 Å². The molecule has 1 atom stereocenters. The Morgan fingerprint density at radius 1 is 1.20 bits per heavy atom. The molecule has 0 spiro atoms. The third-order valence-electron chi connectivity index (χ3n) is 3.28. The molecule has 1 aromatic carbocycles. The summed E-state index contributed by atoms with van der Waals surface area (Å²) in [5, 5.41) is 0. The molecule has 0 aromatic heterocycles. The number of hydrogen-bond donors (Lipinski definition) is 2. The molecule has 3 N–H and O–H groups in total. The number of nitrogens with two attached hydrogens (primary N) is 1. The van der Waals surface area contributed by atoms with Crippen LogP contribution in [0.25, 0.3) is 0 Å². The monoisotopic (exact) mass is 286 g/mol. The SMILES string of the molecule is CCCCCCCC(NN)c1cccc(OC(F)F)c1. The van der Waals surface area contributed by atoms with Crippen molar-refractivity contribution in [2.45, 2.75) is 58.1 Å². The van der Waals surface area contributed by atoms with E-state index in [1.807, 2.05) is 6.07 Å². The molecule has 20 heavy (non-hydrogen) atoms. The van der Waals surface area contributed by atoms with Crippen LogP contribution in [0.3, 0.4) is 0 Å². The Morgan fingerprint density at radius 2 is 1.95 bits per heavy atom. The van der Waals surface area contributed by atoms with E-state index < -0.39 is 6.61 Å². The predicted octanol–water partition coefficient (Wildman–Crippen LogP) is 4.15. The standard InChI is InChI=1S/C15H24F2N2O/c1-2-3-4-5-6-10-14(19-18)12-8-7-9-13(11-12)20-15(16)17/h7-9,11,14-15,19H,2-6,10,18H2,1H3. The van der Waals surface area contributed by atoms with Crippen LogP contribution in [-0.4, -0.2) is 6.61 Å². The van der Waals surface area contributed by atoms with E-state index in [0.29, 0.717) is 0 Å². The maximum Gasteiger partial charge on any atom is 0.387 e. The maximum atomic E-state index is 12.2. The summed E-state index contributed by atoms with van der Waals surface area (Å²) in [6.45, 7) is -0.623. The van der Waals surface area contributed by atoms with Gasteiger partial charge in [-0.25, -0.2) is 0 Å². The van der Waals surface area contributed by atoms with Crippen molar-refractivity contribution >= 4 is 0 Å². The Kier molecular flexibility index (Phi) is 8.14. The smallest absolute Gasteiger partial charge is 0.387 e. The van der Waals surface area contributed by atoms with Gasteiger partial charge in [0.15, 0.2) is 0 Å². The molecule has 0 saturated heterocycles. The summed E-state index contributed by atoms with van der Waals surface area (Å²) < 4.78 is 28.8. The molecule has 0 fully saturated rings. The van der Waals surface area contributed by atoms with Gasteiger partial charge in [0.25, 0.3) is 0 Å². The molecule has 0 saturated carbocycles. The fraction of sp³-hybridized carbons (Fsp3) is 0.600. The van der Waals surface area contributed by atoms with E-state index in [2.05, 4.69) is 17.1 Å². The second kappa shape index (κ2) is 9.66. The lowest BCUT2D eigenvalue weighted by atomic mass is 10.00. The molecule has 0 bridgehead atoms. The molecule has 1 aromatic rings. The van der Waals surface area contributed by atoms with Crippen LogP contribution < -0.4 is 16.0 Å². The van der Waals surface area contributed by atoms with Crippen molar-refractivity contribution in [3.63, 3.8) is 0 Å². The Balaban J connectivity index is 2.51. The van der Waals surface area contributed by atoms with Crippen molar-refractivity contribution < 1.29 is 13.5 Å². The second-order valence-corrected chi connectivity index (χ2v) is 4.87. The minimum atomic E-state index is -2.80. The molecule has 0 heterocycles. The first-order valence-electron chi connectivity index (χ1n) is 7.18. The number of unbranched alkanes of at least 4 members (excludes halogenated alkanes) is 4. The van der Waals surface area contributed by atoms with Gasteiger partial charge in [0.2, 0.25) is 0 Å². The van der Waals surface area contributed by atoms with E-state index in [1.165, 1.54) is 31.7 Å². The number of alkyl halides is 2. The van der Waals surface area contributed by atoms with E-state index in [9.17, 15) is 8.78 Å². The number of hydrogen-bond acceptors (Lipinski definition) is 3. The molecule has 0 amide bonds. The van der Waals surface area contributed by atoms with Gasteiger partial charge in [-0.2, -0.15) is 8.78 Å². The zero-order valence-corrected chi connectivity index (χ0v) is 11.9. The van der Waals surface area contributed by atoms with Crippen LogP contribution in [0, 0.1) is 0 Å². The van der Waals surface area contributed by atoms with E-state index in [1.54, 1.807) is 12.1 Å². The largest absolute Gasteiger partial charge is 0.435 e. The van der Waals surface area contributed by atoms with E-state index >= 15 is 0 Å². The lowest BCUT2D eigenvalue weighted by molar-refractivity contribution is -0.0499. The van der Waals surface area contributed by atoms with Gasteiger partial charge in [0.1, 0.15) is 5.75 Å². The van der Waals surface area contributed by atoms with E-state index in [-0.39, 0.29) is 11.8 Å². The van der Waals surface area contributed by atoms with Gasteiger partial charge in [-0.15, -0.1) is 0 Å². The molecule has 114 valence electrons. The first-order valence-corrected chi connectivity index (χ1v) is 7.18. The molecular formula is C15H24F2N2O. The van der Waals surface area contributed by atoms with Crippen LogP contribution in [-0.2, 0) is 0 Å². The molecule has 1 rings (SSSR count). The van der Waals surface area contributed by atoms with Crippen LogP contribution in [0.5, 0.6) is 5.75 Å². The zero-order valence-electron chi connectivity index (χ0n) is 11.9. The molecule has 0 radical (unpaired) electrons. The number of nitrogens with one attached hydrogen (secondary N) is 1. The summed E-state index contributed by atoms with van der Waals surface area (Å²) >= 11 is 0. The average molecular weight is 286 g/mol. The van der Waals surface area contributed by atoms with Gasteiger partial charge in [0, 0.05) is 6.04 Å². The number of hydrazine groups is 1. The third kappa shape index (κ3) is 6.30. The highest BCUT2D eigenvalue weighted by atomic mass is 19.3. The van der Waals surface area contributed by atoms with E-state index in [4.69, 9.17) is 5.84 Å². The molecule has 0 aliphatic rings. The Morgan fingerprint density at radius 3 is 2.60 bits per heavy atom. The minimum Gasteiger partial charge on any atom is -0.435 e. The van der Waals surface area contributed by atoms with Crippen LogP contribution in [0.4, 0.5) is 8.78 Å². The number of ether oxygens (including phenoxy) is 1. The highest BCUT2D eigenvalue weighted by molar-refractivity contribution is 5.30. The number of rotatable bonds is 10. The Hall–Kier alpha value is -1.20. The van der Waals surface area contributed by atoms with Gasteiger partial charge >= 0.3 is 6.61 Å². The average Bonchev–Trinajstić information content (AvgIpc) is 2.42. The van der Waals surface area contributed by atoms with Gasteiger partial charge in [-0.1, -0.05) is 51.2 Å². The molecule has 1 unspecified atom stereocenters. The van der Waals surface area contributed by atoms with Crippen molar-refractivity contribution in [1.29, 1.82) is 0 Å². The topological polar surface area (TPSA) is 47.3 Å². The normalized spacial score (nSPS) is 12.7. The minimum absolute atomic E-state index is 0.0298. The summed E-state index contributed by atoms with van der Waals surface area (Å²) in [6.07, 6.45) is 6.80. The lowest BCUT2D eigenvalue weighted by Gasteiger charge is -2.17. The summed E-state index contributed by atoms with van der Waals surface area (Å²) in [5.41, 5.74) is 3.62. The first-order chi connectivity index (χ1) is 9.67. The van der Waals surface area contributed by atoms with Crippen LogP contribution in [0.1, 0.15) is 57.1 Å². The van der Waals surface area contributed by atoms with Crippen molar-refractivity contribution in [1.82, 2.24) is 5.43 Å². The van der Waals surface area contributed by atoms with Crippen molar-refractivity contribution in [2.75, 3.05) is 0 Å². The first kappa shape index (κ1) is 16.9. The molecule has 0 aliphatic carbocycles. The fourth-order valence-electron chi connectivity index (χ4n) is 2.21. The summed E-state index contributed by atoms with van der Waals surface area (Å²) in [6, 6.07) is 6.68. The highest BCUT2D eigenvalue weighted by Gasteiger charge is 2.11. The number of halogens is 2. The summed E-state index contributed by atoms with van der Waals surface area (Å²) in [7, 11) is 0. The fourth-order valence-corrected chi connectivity index (χ4v) is 2.21. The molecule has 3 nitrogen and oxygen atoms in total. The molecule has 0 aliphatic heterocycles. The van der Waals surface area contributed by atoms with Crippen molar-refractivity contribution in [3.05, 3.63) is 29.8 Å². The van der Waals surface area contributed by atoms with Crippen LogP contribution >= 0.6 is 0 Å². The third-order valence-corrected chi connectivity index (χ3v) is 3.28. The van der Waals surface area contributed by atoms with Crippen LogP contribution in [0.2, 0.25) is 0 Å². The second-order valence-electron chi connectivity index (χ2n) is 4.87. The van der Waals surface area contributed by atoms with E-state index in [0.717, 1.165) is 18.4 Å². The van der Waals surface area contributed by atoms with Crippen molar-refractivity contribution in [2.24, 2.45) is 5.84 Å². The molecular weight excluding hydrogens is 262 g/mol. The quantitative estimate of drug-likeness (QED) is 0.386. The predicted molar refractivity (Wildman–Crippen MR) is 76.5 cm³/mol. The van der Waals surface area contributed by atoms with Gasteiger partial charge in [-0.3, -0.25) is 11.3 Å². The summed E-state index contributed by atoms with van der Waals surface area (Å²) in [5.74, 6) is 5.73. The number of benzene rings is 1. The maximum absolute atomic E-state index is 12.2.